The first-order valence-corrected chi connectivity index (χ1v) is 5.50. The highest BCUT2D eigenvalue weighted by Crippen LogP contribution is 2.25. The Morgan fingerprint density at radius 1 is 1.43 bits per heavy atom. The highest BCUT2D eigenvalue weighted by molar-refractivity contribution is 5.67. The lowest BCUT2D eigenvalue weighted by Crippen LogP contribution is -2.34. The standard InChI is InChI=1S/C11H21NO2/c1-4-10(5-11(13)14)12-6-8(2)9(3)7-12/h8-10H,4-7H2,1-3H3,(H,13,14). The van der Waals surface area contributed by atoms with Crippen molar-refractivity contribution in [3.8, 4) is 0 Å². The lowest BCUT2D eigenvalue weighted by atomic mass is 10.0. The second-order valence-corrected chi connectivity index (χ2v) is 4.57. The first-order chi connectivity index (χ1) is 6.54. The molecule has 1 aliphatic rings. The van der Waals surface area contributed by atoms with Gasteiger partial charge in [0.05, 0.1) is 6.42 Å². The Morgan fingerprint density at radius 3 is 2.29 bits per heavy atom. The van der Waals surface area contributed by atoms with Crippen LogP contribution in [0.15, 0.2) is 0 Å². The van der Waals surface area contributed by atoms with E-state index in [2.05, 4.69) is 25.7 Å². The number of hydrogen-bond donors (Lipinski definition) is 1. The van der Waals surface area contributed by atoms with E-state index in [4.69, 9.17) is 5.11 Å². The summed E-state index contributed by atoms with van der Waals surface area (Å²) >= 11 is 0. The van der Waals surface area contributed by atoms with Crippen LogP contribution in [0.1, 0.15) is 33.6 Å². The summed E-state index contributed by atoms with van der Waals surface area (Å²) in [6, 6.07) is 0.236. The van der Waals surface area contributed by atoms with Gasteiger partial charge in [0.15, 0.2) is 0 Å². The average molecular weight is 199 g/mol. The smallest absolute Gasteiger partial charge is 0.304 e. The normalized spacial score (nSPS) is 30.5. The number of hydrogen-bond acceptors (Lipinski definition) is 2. The number of aliphatic carboxylic acids is 1. The number of carbonyl (C=O) groups is 1. The van der Waals surface area contributed by atoms with Crippen molar-refractivity contribution in [1.29, 1.82) is 0 Å². The third-order valence-electron chi connectivity index (χ3n) is 3.41. The summed E-state index contributed by atoms with van der Waals surface area (Å²) in [5.74, 6) is 0.736. The molecule has 3 nitrogen and oxygen atoms in total. The van der Waals surface area contributed by atoms with Crippen molar-refractivity contribution < 1.29 is 9.90 Å². The molecular weight excluding hydrogens is 178 g/mol. The van der Waals surface area contributed by atoms with Crippen molar-refractivity contribution in [3.63, 3.8) is 0 Å². The van der Waals surface area contributed by atoms with Gasteiger partial charge in [-0.3, -0.25) is 9.69 Å². The minimum atomic E-state index is -0.677. The van der Waals surface area contributed by atoms with E-state index in [1.54, 1.807) is 0 Å². The number of rotatable bonds is 4. The lowest BCUT2D eigenvalue weighted by Gasteiger charge is -2.25. The fraction of sp³-hybridized carbons (Fsp3) is 0.909. The molecule has 1 aliphatic heterocycles. The van der Waals surface area contributed by atoms with Crippen LogP contribution in [0.25, 0.3) is 0 Å². The number of nitrogens with zero attached hydrogens (tertiary/aromatic N) is 1. The maximum Gasteiger partial charge on any atom is 0.304 e. The molecule has 0 bridgehead atoms. The minimum Gasteiger partial charge on any atom is -0.481 e. The van der Waals surface area contributed by atoms with E-state index in [-0.39, 0.29) is 12.5 Å². The summed E-state index contributed by atoms with van der Waals surface area (Å²) in [6.45, 7) is 8.69. The first kappa shape index (κ1) is 11.5. The Hall–Kier alpha value is -0.570. The quantitative estimate of drug-likeness (QED) is 0.751. The van der Waals surface area contributed by atoms with Gasteiger partial charge in [0.1, 0.15) is 0 Å². The van der Waals surface area contributed by atoms with E-state index in [1.165, 1.54) is 0 Å². The SMILES string of the molecule is CCC(CC(=O)O)N1CC(C)C(C)C1. The molecule has 1 saturated heterocycles. The highest BCUT2D eigenvalue weighted by Gasteiger charge is 2.30. The van der Waals surface area contributed by atoms with Gasteiger partial charge in [-0.25, -0.2) is 0 Å². The van der Waals surface area contributed by atoms with Crippen LogP contribution in [-0.4, -0.2) is 35.1 Å². The van der Waals surface area contributed by atoms with Crippen LogP contribution < -0.4 is 0 Å². The van der Waals surface area contributed by atoms with Gasteiger partial charge in [0.25, 0.3) is 0 Å². The second-order valence-electron chi connectivity index (χ2n) is 4.57. The molecule has 1 fully saturated rings. The van der Waals surface area contributed by atoms with E-state index < -0.39 is 5.97 Å². The fourth-order valence-corrected chi connectivity index (χ4v) is 2.21. The maximum absolute atomic E-state index is 10.7. The molecule has 0 aromatic rings. The summed E-state index contributed by atoms with van der Waals surface area (Å²) in [5, 5.41) is 8.78. The van der Waals surface area contributed by atoms with Crippen molar-refractivity contribution in [1.82, 2.24) is 4.90 Å². The van der Waals surface area contributed by atoms with Crippen molar-refractivity contribution in [2.75, 3.05) is 13.1 Å². The van der Waals surface area contributed by atoms with Gasteiger partial charge in [-0.15, -0.1) is 0 Å². The maximum atomic E-state index is 10.7. The van der Waals surface area contributed by atoms with Crippen LogP contribution in [0.5, 0.6) is 0 Å². The van der Waals surface area contributed by atoms with Gasteiger partial charge in [-0.1, -0.05) is 20.8 Å². The topological polar surface area (TPSA) is 40.5 Å². The van der Waals surface area contributed by atoms with Crippen LogP contribution in [0, 0.1) is 11.8 Å². The van der Waals surface area contributed by atoms with Crippen LogP contribution in [0.2, 0.25) is 0 Å². The molecule has 3 unspecified atom stereocenters. The number of carboxylic acid groups (broad SMARTS) is 1. The largest absolute Gasteiger partial charge is 0.481 e. The molecule has 0 aliphatic carbocycles. The minimum absolute atomic E-state index is 0.236. The zero-order valence-corrected chi connectivity index (χ0v) is 9.36. The Balaban J connectivity index is 2.50. The predicted octanol–water partition coefficient (Wildman–Crippen LogP) is 1.83. The van der Waals surface area contributed by atoms with E-state index >= 15 is 0 Å². The first-order valence-electron chi connectivity index (χ1n) is 5.50. The molecule has 3 atom stereocenters. The van der Waals surface area contributed by atoms with Gasteiger partial charge in [0.2, 0.25) is 0 Å². The molecule has 1 rings (SSSR count). The van der Waals surface area contributed by atoms with Crippen molar-refractivity contribution in [2.45, 2.75) is 39.7 Å². The molecular formula is C11H21NO2. The molecule has 1 heterocycles. The Kier molecular flexibility index (Phi) is 3.93. The van der Waals surface area contributed by atoms with Gasteiger partial charge >= 0.3 is 5.97 Å². The fourth-order valence-electron chi connectivity index (χ4n) is 2.21. The molecule has 0 aromatic carbocycles. The summed E-state index contributed by atoms with van der Waals surface area (Å²) in [5.41, 5.74) is 0. The molecule has 0 amide bonds. The van der Waals surface area contributed by atoms with Crippen molar-refractivity contribution in [2.24, 2.45) is 11.8 Å². The zero-order chi connectivity index (χ0) is 10.7. The van der Waals surface area contributed by atoms with E-state index in [9.17, 15) is 4.79 Å². The predicted molar refractivity (Wildman–Crippen MR) is 56.2 cm³/mol. The van der Waals surface area contributed by atoms with Gasteiger partial charge < -0.3 is 5.11 Å². The van der Waals surface area contributed by atoms with Crippen LogP contribution in [0.4, 0.5) is 0 Å². The Morgan fingerprint density at radius 2 is 1.93 bits per heavy atom. The van der Waals surface area contributed by atoms with E-state index in [0.717, 1.165) is 19.5 Å². The molecule has 0 aromatic heterocycles. The summed E-state index contributed by atoms with van der Waals surface area (Å²) in [7, 11) is 0. The Bertz CT molecular complexity index is 195. The van der Waals surface area contributed by atoms with Gasteiger partial charge in [0, 0.05) is 19.1 Å². The molecule has 1 N–H and O–H groups in total. The highest BCUT2D eigenvalue weighted by atomic mass is 16.4. The van der Waals surface area contributed by atoms with Crippen LogP contribution in [0.3, 0.4) is 0 Å². The summed E-state index contributed by atoms with van der Waals surface area (Å²) in [6.07, 6.45) is 1.22. The molecule has 0 saturated carbocycles. The van der Waals surface area contributed by atoms with Crippen LogP contribution >= 0.6 is 0 Å². The summed E-state index contributed by atoms with van der Waals surface area (Å²) < 4.78 is 0. The van der Waals surface area contributed by atoms with Crippen LogP contribution in [-0.2, 0) is 4.79 Å². The van der Waals surface area contributed by atoms with Gasteiger partial charge in [-0.05, 0) is 18.3 Å². The van der Waals surface area contributed by atoms with Gasteiger partial charge in [-0.2, -0.15) is 0 Å². The molecule has 82 valence electrons. The zero-order valence-electron chi connectivity index (χ0n) is 9.36. The molecule has 0 spiro atoms. The second kappa shape index (κ2) is 4.78. The third kappa shape index (κ3) is 2.71. The lowest BCUT2D eigenvalue weighted by molar-refractivity contribution is -0.138. The summed E-state index contributed by atoms with van der Waals surface area (Å²) in [4.78, 5) is 13.0. The number of likely N-dealkylation sites (tertiary alicyclic amines) is 1. The van der Waals surface area contributed by atoms with E-state index in [0.29, 0.717) is 11.8 Å². The van der Waals surface area contributed by atoms with E-state index in [1.807, 2.05) is 0 Å². The average Bonchev–Trinajstić information content (AvgIpc) is 2.42. The molecule has 0 radical (unpaired) electrons. The third-order valence-corrected chi connectivity index (χ3v) is 3.41. The molecule has 14 heavy (non-hydrogen) atoms. The van der Waals surface area contributed by atoms with Crippen molar-refractivity contribution >= 4 is 5.97 Å². The van der Waals surface area contributed by atoms with Crippen molar-refractivity contribution in [3.05, 3.63) is 0 Å². The molecule has 3 heteroatoms. The Labute approximate surface area is 86.1 Å². The monoisotopic (exact) mass is 199 g/mol. The number of carboxylic acids is 1.